The molecule has 2 heterocycles. The summed E-state index contributed by atoms with van der Waals surface area (Å²) in [5.74, 6) is 0.108. The molecule has 0 saturated heterocycles. The van der Waals surface area contributed by atoms with Gasteiger partial charge < -0.3 is 14.6 Å². The average molecular weight is 453 g/mol. The second kappa shape index (κ2) is 8.97. The number of rotatable bonds is 6. The number of hydrogen-bond donors (Lipinski definition) is 1. The first kappa shape index (κ1) is 22.4. The molecule has 0 unspecified atom stereocenters. The number of pyridine rings is 1. The number of benzene rings is 2. The molecule has 0 bridgehead atoms. The van der Waals surface area contributed by atoms with Crippen LogP contribution >= 0.6 is 0 Å². The van der Waals surface area contributed by atoms with Gasteiger partial charge in [-0.3, -0.25) is 4.79 Å². The van der Waals surface area contributed by atoms with Crippen molar-refractivity contribution >= 4 is 22.8 Å². The lowest BCUT2D eigenvalue weighted by Gasteiger charge is -2.12. The van der Waals surface area contributed by atoms with Gasteiger partial charge in [-0.25, -0.2) is 4.98 Å². The van der Waals surface area contributed by atoms with Crippen LogP contribution in [0.15, 0.2) is 66.7 Å². The van der Waals surface area contributed by atoms with Crippen LogP contribution in [0.4, 0.5) is 19.0 Å². The number of hydrogen-bond acceptors (Lipinski definition) is 3. The van der Waals surface area contributed by atoms with Crippen molar-refractivity contribution in [2.45, 2.75) is 33.2 Å². The number of anilines is 1. The lowest BCUT2D eigenvalue weighted by Crippen LogP contribution is -2.17. The molecule has 33 heavy (non-hydrogen) atoms. The summed E-state index contributed by atoms with van der Waals surface area (Å²) in [5, 5.41) is 2.89. The molecule has 1 N–H and O–H groups in total. The Morgan fingerprint density at radius 2 is 1.70 bits per heavy atom. The minimum absolute atomic E-state index is 0.145. The number of nitrogens with one attached hydrogen (secondary N) is 1. The van der Waals surface area contributed by atoms with Crippen LogP contribution < -0.4 is 10.1 Å². The molecule has 0 atom stereocenters. The average Bonchev–Trinajstić information content (AvgIpc) is 3.03. The zero-order valence-electron chi connectivity index (χ0n) is 18.1. The third-order valence-corrected chi connectivity index (χ3v) is 5.25. The molecule has 5 nitrogen and oxygen atoms in total. The van der Waals surface area contributed by atoms with E-state index in [9.17, 15) is 18.0 Å². The number of aromatic nitrogens is 2. The first-order valence-electron chi connectivity index (χ1n) is 10.3. The van der Waals surface area contributed by atoms with Crippen molar-refractivity contribution in [1.82, 2.24) is 9.55 Å². The Labute approximate surface area is 188 Å². The van der Waals surface area contributed by atoms with Gasteiger partial charge in [-0.1, -0.05) is 42.5 Å². The predicted octanol–water partition coefficient (Wildman–Crippen LogP) is 5.78. The van der Waals surface area contributed by atoms with Gasteiger partial charge in [0, 0.05) is 12.2 Å². The molecular weight excluding hydrogens is 431 g/mol. The maximum Gasteiger partial charge on any atom is 0.573 e. The summed E-state index contributed by atoms with van der Waals surface area (Å²) in [5.41, 5.74) is 5.11. The second-order valence-corrected chi connectivity index (χ2v) is 7.83. The summed E-state index contributed by atoms with van der Waals surface area (Å²) in [7, 11) is 0. The van der Waals surface area contributed by atoms with E-state index in [4.69, 9.17) is 0 Å². The molecular formula is C25H22F3N3O2. The van der Waals surface area contributed by atoms with E-state index in [0.29, 0.717) is 12.4 Å². The number of alkyl halides is 3. The van der Waals surface area contributed by atoms with Crippen molar-refractivity contribution in [2.75, 3.05) is 5.32 Å². The van der Waals surface area contributed by atoms with E-state index in [1.165, 1.54) is 12.1 Å². The lowest BCUT2D eigenvalue weighted by molar-refractivity contribution is -0.274. The number of carbonyl (C=O) groups is 1. The largest absolute Gasteiger partial charge is 0.573 e. The number of aryl methyl sites for hydroxylation is 2. The van der Waals surface area contributed by atoms with Crippen molar-refractivity contribution in [3.8, 4) is 5.75 Å². The van der Waals surface area contributed by atoms with E-state index in [0.717, 1.165) is 33.4 Å². The van der Waals surface area contributed by atoms with Crippen LogP contribution in [0.25, 0.3) is 11.0 Å². The molecule has 8 heteroatoms. The highest BCUT2D eigenvalue weighted by Crippen LogP contribution is 2.26. The standard InChI is InChI=1S/C25H22F3N3O2/c1-16-12-22-21(29-24(16)30-23(32)14-18-6-4-3-5-7-18)13-17(2)31(22)15-19-8-10-20(11-9-19)33-25(26,27)28/h3-13H,14-15H2,1-2H3,(H,29,30,32). The van der Waals surface area contributed by atoms with Gasteiger partial charge in [-0.05, 0) is 54.8 Å². The summed E-state index contributed by atoms with van der Waals surface area (Å²) < 4.78 is 43.1. The monoisotopic (exact) mass is 453 g/mol. The summed E-state index contributed by atoms with van der Waals surface area (Å²) in [6.45, 7) is 4.27. The molecule has 0 radical (unpaired) electrons. The molecule has 0 aliphatic carbocycles. The minimum atomic E-state index is -4.72. The molecule has 0 fully saturated rings. The fourth-order valence-electron chi connectivity index (χ4n) is 3.67. The number of fused-ring (bicyclic) bond motifs is 1. The van der Waals surface area contributed by atoms with Gasteiger partial charge in [0.05, 0.1) is 17.5 Å². The maximum atomic E-state index is 12.5. The van der Waals surface area contributed by atoms with E-state index >= 15 is 0 Å². The molecule has 0 spiro atoms. The van der Waals surface area contributed by atoms with Crippen molar-refractivity contribution < 1.29 is 22.7 Å². The van der Waals surface area contributed by atoms with Gasteiger partial charge in [0.1, 0.15) is 11.6 Å². The molecule has 1 amide bonds. The quantitative estimate of drug-likeness (QED) is 0.403. The fraction of sp³-hybridized carbons (Fsp3) is 0.200. The van der Waals surface area contributed by atoms with Crippen LogP contribution in [0.5, 0.6) is 5.75 Å². The fourth-order valence-corrected chi connectivity index (χ4v) is 3.67. The molecule has 4 aromatic rings. The molecule has 2 aromatic heterocycles. The number of halogens is 3. The summed E-state index contributed by atoms with van der Waals surface area (Å²) in [6, 6.07) is 19.1. The zero-order chi connectivity index (χ0) is 23.6. The Hall–Kier alpha value is -3.81. The Balaban J connectivity index is 1.53. The van der Waals surface area contributed by atoms with Crippen molar-refractivity contribution in [3.63, 3.8) is 0 Å². The summed E-state index contributed by atoms with van der Waals surface area (Å²) in [6.07, 6.45) is -4.46. The van der Waals surface area contributed by atoms with E-state index in [1.54, 1.807) is 12.1 Å². The molecule has 2 aromatic carbocycles. The third-order valence-electron chi connectivity index (χ3n) is 5.25. The summed E-state index contributed by atoms with van der Waals surface area (Å²) >= 11 is 0. The first-order valence-corrected chi connectivity index (χ1v) is 10.3. The van der Waals surface area contributed by atoms with E-state index in [2.05, 4.69) is 15.0 Å². The molecule has 0 aliphatic rings. The molecule has 0 saturated carbocycles. The van der Waals surface area contributed by atoms with E-state index < -0.39 is 6.36 Å². The second-order valence-electron chi connectivity index (χ2n) is 7.83. The molecule has 170 valence electrons. The first-order chi connectivity index (χ1) is 15.7. The third kappa shape index (κ3) is 5.52. The Morgan fingerprint density at radius 1 is 1.00 bits per heavy atom. The number of carbonyl (C=O) groups excluding carboxylic acids is 1. The number of ether oxygens (including phenoxy) is 1. The zero-order valence-corrected chi connectivity index (χ0v) is 18.1. The van der Waals surface area contributed by atoms with Crippen molar-refractivity contribution in [2.24, 2.45) is 0 Å². The van der Waals surface area contributed by atoms with Crippen molar-refractivity contribution in [3.05, 3.63) is 89.1 Å². The van der Waals surface area contributed by atoms with Gasteiger partial charge in [0.25, 0.3) is 0 Å². The van der Waals surface area contributed by atoms with Gasteiger partial charge in [0.15, 0.2) is 0 Å². The highest BCUT2D eigenvalue weighted by Gasteiger charge is 2.30. The van der Waals surface area contributed by atoms with E-state index in [-0.39, 0.29) is 18.1 Å². The molecule has 4 rings (SSSR count). The summed E-state index contributed by atoms with van der Waals surface area (Å²) in [4.78, 5) is 17.1. The number of amides is 1. The Bertz CT molecular complexity index is 1280. The van der Waals surface area contributed by atoms with Gasteiger partial charge in [0.2, 0.25) is 5.91 Å². The SMILES string of the molecule is Cc1cc2c(cc(C)n2Cc2ccc(OC(F)(F)F)cc2)nc1NC(=O)Cc1ccccc1. The Morgan fingerprint density at radius 3 is 2.36 bits per heavy atom. The van der Waals surface area contributed by atoms with Crippen LogP contribution in [0.1, 0.15) is 22.4 Å². The van der Waals surface area contributed by atoms with Gasteiger partial charge >= 0.3 is 6.36 Å². The van der Waals surface area contributed by atoms with Crippen LogP contribution in [-0.4, -0.2) is 21.8 Å². The normalized spacial score (nSPS) is 11.5. The smallest absolute Gasteiger partial charge is 0.406 e. The predicted molar refractivity (Wildman–Crippen MR) is 120 cm³/mol. The highest BCUT2D eigenvalue weighted by molar-refractivity contribution is 5.93. The van der Waals surface area contributed by atoms with Crippen molar-refractivity contribution in [1.29, 1.82) is 0 Å². The van der Waals surface area contributed by atoms with E-state index in [1.807, 2.05) is 60.9 Å². The van der Waals surface area contributed by atoms with Crippen LogP contribution in [-0.2, 0) is 17.8 Å². The van der Waals surface area contributed by atoms with Crippen LogP contribution in [0.2, 0.25) is 0 Å². The minimum Gasteiger partial charge on any atom is -0.406 e. The number of nitrogens with zero attached hydrogens (tertiary/aromatic N) is 2. The topological polar surface area (TPSA) is 56.1 Å². The van der Waals surface area contributed by atoms with Gasteiger partial charge in [-0.2, -0.15) is 0 Å². The highest BCUT2D eigenvalue weighted by atomic mass is 19.4. The van der Waals surface area contributed by atoms with Gasteiger partial charge in [-0.15, -0.1) is 13.2 Å². The maximum absolute atomic E-state index is 12.5. The Kier molecular flexibility index (Phi) is 6.09. The molecule has 0 aliphatic heterocycles. The lowest BCUT2D eigenvalue weighted by atomic mass is 10.1. The van der Waals surface area contributed by atoms with Crippen LogP contribution in [0.3, 0.4) is 0 Å². The van der Waals surface area contributed by atoms with Crippen LogP contribution in [0, 0.1) is 13.8 Å².